The van der Waals surface area contributed by atoms with E-state index in [4.69, 9.17) is 15.2 Å². The van der Waals surface area contributed by atoms with Gasteiger partial charge in [0.1, 0.15) is 5.75 Å². The molecule has 0 spiro atoms. The summed E-state index contributed by atoms with van der Waals surface area (Å²) in [6.07, 6.45) is 0. The van der Waals surface area contributed by atoms with Crippen LogP contribution in [0.5, 0.6) is 5.75 Å². The number of nitrogens with two attached hydrogens (primary N) is 1. The van der Waals surface area contributed by atoms with Crippen LogP contribution in [0.25, 0.3) is 0 Å². The number of ether oxygens (including phenoxy) is 2. The number of hydrogen-bond acceptors (Lipinski definition) is 5. The number of guanidine groups is 1. The van der Waals surface area contributed by atoms with E-state index in [-0.39, 0.29) is 6.61 Å². The van der Waals surface area contributed by atoms with Crippen LogP contribution >= 0.6 is 0 Å². The Labute approximate surface area is 183 Å². The highest BCUT2D eigenvalue weighted by Gasteiger charge is 2.13. The molecule has 166 valence electrons. The lowest BCUT2D eigenvalue weighted by molar-refractivity contribution is -0.119. The minimum Gasteiger partial charge on any atom is -0.484 e. The van der Waals surface area contributed by atoms with Gasteiger partial charge < -0.3 is 25.8 Å². The zero-order valence-electron chi connectivity index (χ0n) is 18.0. The van der Waals surface area contributed by atoms with E-state index in [0.717, 1.165) is 38.4 Å². The van der Waals surface area contributed by atoms with Gasteiger partial charge in [0.05, 0.1) is 13.2 Å². The summed E-state index contributed by atoms with van der Waals surface area (Å²) in [6, 6.07) is 16.0. The molecule has 0 bridgehead atoms. The van der Waals surface area contributed by atoms with Gasteiger partial charge in [-0.15, -0.1) is 0 Å². The van der Waals surface area contributed by atoms with E-state index in [9.17, 15) is 4.79 Å². The molecule has 8 heteroatoms. The second-order valence-electron chi connectivity index (χ2n) is 7.34. The first-order valence-corrected chi connectivity index (χ1v) is 10.5. The molecular weight excluding hydrogens is 394 g/mol. The second kappa shape index (κ2) is 11.9. The molecule has 0 saturated carbocycles. The molecule has 4 N–H and O–H groups in total. The largest absolute Gasteiger partial charge is 0.484 e. The summed E-state index contributed by atoms with van der Waals surface area (Å²) in [7, 11) is 1.75. The lowest BCUT2D eigenvalue weighted by Gasteiger charge is -2.27. The number of nitrogens with one attached hydrogen (secondary N) is 2. The van der Waals surface area contributed by atoms with Crippen LogP contribution in [0.2, 0.25) is 0 Å². The zero-order valence-corrected chi connectivity index (χ0v) is 18.0. The van der Waals surface area contributed by atoms with E-state index < -0.39 is 5.91 Å². The number of aliphatic imine (C=N–C) groups is 1. The molecule has 0 radical (unpaired) electrons. The van der Waals surface area contributed by atoms with E-state index in [1.54, 1.807) is 13.1 Å². The van der Waals surface area contributed by atoms with E-state index in [0.29, 0.717) is 24.8 Å². The number of carbonyl (C=O) groups is 1. The number of hydrogen-bond donors (Lipinski definition) is 3. The van der Waals surface area contributed by atoms with Crippen molar-refractivity contribution in [2.24, 2.45) is 10.7 Å². The van der Waals surface area contributed by atoms with E-state index in [1.807, 2.05) is 18.2 Å². The first kappa shape index (κ1) is 22.6. The van der Waals surface area contributed by atoms with Gasteiger partial charge in [0, 0.05) is 39.8 Å². The monoisotopic (exact) mass is 425 g/mol. The van der Waals surface area contributed by atoms with Gasteiger partial charge in [0.15, 0.2) is 12.6 Å². The number of morpholine rings is 1. The van der Waals surface area contributed by atoms with Gasteiger partial charge in [-0.2, -0.15) is 0 Å². The lowest BCUT2D eigenvalue weighted by Crippen LogP contribution is -2.37. The van der Waals surface area contributed by atoms with Crippen LogP contribution in [0.1, 0.15) is 16.7 Å². The minimum absolute atomic E-state index is 0.135. The predicted molar refractivity (Wildman–Crippen MR) is 121 cm³/mol. The summed E-state index contributed by atoms with van der Waals surface area (Å²) in [4.78, 5) is 17.6. The van der Waals surface area contributed by atoms with Crippen LogP contribution in [-0.4, -0.2) is 56.7 Å². The van der Waals surface area contributed by atoms with Crippen molar-refractivity contribution in [3.8, 4) is 5.75 Å². The molecular formula is C23H31N5O3. The lowest BCUT2D eigenvalue weighted by atomic mass is 10.1. The van der Waals surface area contributed by atoms with Crippen molar-refractivity contribution in [2.45, 2.75) is 19.6 Å². The molecule has 1 saturated heterocycles. The van der Waals surface area contributed by atoms with Crippen LogP contribution in [0, 0.1) is 0 Å². The molecule has 8 nitrogen and oxygen atoms in total. The van der Waals surface area contributed by atoms with Crippen molar-refractivity contribution >= 4 is 11.9 Å². The fourth-order valence-corrected chi connectivity index (χ4v) is 3.37. The molecule has 2 aromatic carbocycles. The number of carbonyl (C=O) groups excluding carboxylic acids is 1. The van der Waals surface area contributed by atoms with E-state index in [1.165, 1.54) is 11.1 Å². The Balaban J connectivity index is 1.52. The number of rotatable bonds is 9. The maximum absolute atomic E-state index is 10.9. The van der Waals surface area contributed by atoms with E-state index in [2.05, 4.69) is 44.8 Å². The zero-order chi connectivity index (χ0) is 21.9. The molecule has 0 atom stereocenters. The molecule has 0 unspecified atom stereocenters. The first-order chi connectivity index (χ1) is 15.1. The Morgan fingerprint density at radius 2 is 1.84 bits per heavy atom. The van der Waals surface area contributed by atoms with Crippen molar-refractivity contribution in [1.29, 1.82) is 0 Å². The van der Waals surface area contributed by atoms with Crippen molar-refractivity contribution in [2.75, 3.05) is 40.0 Å². The first-order valence-electron chi connectivity index (χ1n) is 10.5. The van der Waals surface area contributed by atoms with E-state index >= 15 is 0 Å². The third-order valence-corrected chi connectivity index (χ3v) is 5.03. The van der Waals surface area contributed by atoms with Gasteiger partial charge in [0.2, 0.25) is 0 Å². The third-order valence-electron chi connectivity index (χ3n) is 5.03. The van der Waals surface area contributed by atoms with Crippen LogP contribution < -0.4 is 21.1 Å². The smallest absolute Gasteiger partial charge is 0.255 e. The Morgan fingerprint density at radius 1 is 1.10 bits per heavy atom. The summed E-state index contributed by atoms with van der Waals surface area (Å²) in [6.45, 7) is 5.57. The highest BCUT2D eigenvalue weighted by Crippen LogP contribution is 2.14. The summed E-state index contributed by atoms with van der Waals surface area (Å²) < 4.78 is 10.8. The van der Waals surface area contributed by atoms with Crippen LogP contribution in [-0.2, 0) is 29.2 Å². The summed E-state index contributed by atoms with van der Waals surface area (Å²) >= 11 is 0. The van der Waals surface area contributed by atoms with Gasteiger partial charge >= 0.3 is 0 Å². The van der Waals surface area contributed by atoms with Crippen LogP contribution in [0.3, 0.4) is 0 Å². The second-order valence-corrected chi connectivity index (χ2v) is 7.34. The average Bonchev–Trinajstić information content (AvgIpc) is 2.80. The highest BCUT2D eigenvalue weighted by atomic mass is 16.5. The fourth-order valence-electron chi connectivity index (χ4n) is 3.37. The standard InChI is InChI=1S/C23H31N5O3/c1-25-23(26-14-18-5-4-8-21(13-18)31-17-22(24)29)27-15-19-6-2-3-7-20(19)16-28-9-11-30-12-10-28/h2-8,13H,9-12,14-17H2,1H3,(H2,24,29)(H2,25,26,27). The fraction of sp³-hybridized carbons (Fsp3) is 0.391. The van der Waals surface area contributed by atoms with Gasteiger partial charge in [-0.25, -0.2) is 0 Å². The third kappa shape index (κ3) is 7.58. The average molecular weight is 426 g/mol. The maximum Gasteiger partial charge on any atom is 0.255 e. The molecule has 0 aromatic heterocycles. The molecule has 0 aliphatic carbocycles. The normalized spacial score (nSPS) is 14.8. The Hall–Kier alpha value is -3.10. The summed E-state index contributed by atoms with van der Waals surface area (Å²) in [5.74, 6) is 0.824. The summed E-state index contributed by atoms with van der Waals surface area (Å²) in [5.41, 5.74) is 8.70. The topological polar surface area (TPSA) is 101 Å². The quantitative estimate of drug-likeness (QED) is 0.413. The molecule has 2 aromatic rings. The van der Waals surface area contributed by atoms with Crippen molar-refractivity contribution in [3.63, 3.8) is 0 Å². The predicted octanol–water partition coefficient (Wildman–Crippen LogP) is 1.25. The van der Waals surface area contributed by atoms with Crippen LogP contribution in [0.15, 0.2) is 53.5 Å². The number of benzene rings is 2. The highest BCUT2D eigenvalue weighted by molar-refractivity contribution is 5.79. The van der Waals surface area contributed by atoms with Crippen molar-refractivity contribution < 1.29 is 14.3 Å². The Bertz CT molecular complexity index is 881. The number of amides is 1. The molecule has 1 heterocycles. The SMILES string of the molecule is CN=C(NCc1cccc(OCC(N)=O)c1)NCc1ccccc1CN1CCOCC1. The maximum atomic E-state index is 10.9. The molecule has 1 aliphatic heterocycles. The Morgan fingerprint density at radius 3 is 2.58 bits per heavy atom. The van der Waals surface area contributed by atoms with Crippen LogP contribution in [0.4, 0.5) is 0 Å². The molecule has 31 heavy (non-hydrogen) atoms. The Kier molecular flexibility index (Phi) is 8.69. The molecule has 3 rings (SSSR count). The number of primary amides is 1. The van der Waals surface area contributed by atoms with Gasteiger partial charge in [-0.05, 0) is 28.8 Å². The molecule has 1 fully saturated rings. The molecule has 1 aliphatic rings. The van der Waals surface area contributed by atoms with Crippen molar-refractivity contribution in [1.82, 2.24) is 15.5 Å². The number of nitrogens with zero attached hydrogens (tertiary/aromatic N) is 2. The minimum atomic E-state index is -0.498. The summed E-state index contributed by atoms with van der Waals surface area (Å²) in [5, 5.41) is 6.71. The van der Waals surface area contributed by atoms with Crippen molar-refractivity contribution in [3.05, 3.63) is 65.2 Å². The van der Waals surface area contributed by atoms with Gasteiger partial charge in [0.25, 0.3) is 5.91 Å². The van der Waals surface area contributed by atoms with Gasteiger partial charge in [-0.3, -0.25) is 14.7 Å². The molecule has 1 amide bonds. The van der Waals surface area contributed by atoms with Gasteiger partial charge in [-0.1, -0.05) is 36.4 Å².